The van der Waals surface area contributed by atoms with E-state index in [2.05, 4.69) is 10.2 Å². The molecule has 1 unspecified atom stereocenters. The van der Waals surface area contributed by atoms with Gasteiger partial charge in [0.25, 0.3) is 5.91 Å². The number of carbonyl (C=O) groups excluding carboxylic acids is 1. The van der Waals surface area contributed by atoms with Crippen molar-refractivity contribution in [1.29, 1.82) is 0 Å². The average molecular weight is 331 g/mol. The van der Waals surface area contributed by atoms with Gasteiger partial charge in [-0.15, -0.1) is 10.2 Å². The highest BCUT2D eigenvalue weighted by molar-refractivity contribution is 5.81. The minimum absolute atomic E-state index is 0.0533. The number of likely N-dealkylation sites (tertiary alicyclic amines) is 1. The number of amides is 1. The van der Waals surface area contributed by atoms with Crippen molar-refractivity contribution in [3.8, 4) is 0 Å². The Kier molecular flexibility index (Phi) is 5.22. The first-order valence-corrected chi connectivity index (χ1v) is 8.03. The molecule has 7 nitrogen and oxygen atoms in total. The topological polar surface area (TPSA) is 88.7 Å². The second kappa shape index (κ2) is 7.55. The third-order valence-corrected chi connectivity index (χ3v) is 4.00. The maximum Gasteiger partial charge on any atom is 0.251 e. The molecule has 1 aromatic heterocycles. The first-order valence-electron chi connectivity index (χ1n) is 8.03. The van der Waals surface area contributed by atoms with E-state index in [9.17, 15) is 9.90 Å². The van der Waals surface area contributed by atoms with Crippen molar-refractivity contribution < 1.29 is 19.1 Å². The lowest BCUT2D eigenvalue weighted by atomic mass is 10.0. The molecule has 0 bridgehead atoms. The third kappa shape index (κ3) is 4.18. The molecule has 1 amide bonds. The van der Waals surface area contributed by atoms with E-state index >= 15 is 0 Å². The predicted octanol–water partition coefficient (Wildman–Crippen LogP) is 1.10. The van der Waals surface area contributed by atoms with Gasteiger partial charge in [0.1, 0.15) is 12.7 Å². The van der Waals surface area contributed by atoms with Gasteiger partial charge in [-0.25, -0.2) is 0 Å². The number of hydrogen-bond donors (Lipinski definition) is 1. The largest absolute Gasteiger partial charge is 0.423 e. The Morgan fingerprint density at radius 2 is 2.12 bits per heavy atom. The third-order valence-electron chi connectivity index (χ3n) is 4.00. The number of aliphatic hydroxyl groups excluding tert-OH is 1. The number of rotatable bonds is 7. The van der Waals surface area contributed by atoms with E-state index in [0.717, 1.165) is 5.56 Å². The predicted molar refractivity (Wildman–Crippen MR) is 85.0 cm³/mol. The van der Waals surface area contributed by atoms with Crippen LogP contribution in [0.25, 0.3) is 0 Å². The molecule has 1 aliphatic rings. The Labute approximate surface area is 140 Å². The van der Waals surface area contributed by atoms with Crippen molar-refractivity contribution in [3.63, 3.8) is 0 Å². The lowest BCUT2D eigenvalue weighted by Gasteiger charge is -2.39. The summed E-state index contributed by atoms with van der Waals surface area (Å²) in [4.78, 5) is 13.8. The van der Waals surface area contributed by atoms with Crippen molar-refractivity contribution in [1.82, 2.24) is 15.1 Å². The molecule has 0 spiro atoms. The second-order valence-corrected chi connectivity index (χ2v) is 5.93. The molecule has 1 aromatic carbocycles. The zero-order chi connectivity index (χ0) is 16.9. The van der Waals surface area contributed by atoms with Gasteiger partial charge in [0.05, 0.1) is 6.10 Å². The molecule has 0 saturated carbocycles. The summed E-state index contributed by atoms with van der Waals surface area (Å²) in [6, 6.07) is 9.83. The summed E-state index contributed by atoms with van der Waals surface area (Å²) in [5.41, 5.74) is 1.11. The first kappa shape index (κ1) is 16.6. The maximum absolute atomic E-state index is 12.1. The number of hydrogen-bond acceptors (Lipinski definition) is 6. The zero-order valence-electron chi connectivity index (χ0n) is 13.6. The van der Waals surface area contributed by atoms with Crippen LogP contribution in [0.15, 0.2) is 34.7 Å². The van der Waals surface area contributed by atoms with Gasteiger partial charge in [0, 0.05) is 20.0 Å². The zero-order valence-corrected chi connectivity index (χ0v) is 13.6. The van der Waals surface area contributed by atoms with Gasteiger partial charge >= 0.3 is 0 Å². The van der Waals surface area contributed by atoms with E-state index in [-0.39, 0.29) is 18.6 Å². The normalized spacial score (nSPS) is 16.0. The minimum Gasteiger partial charge on any atom is -0.423 e. The fraction of sp³-hybridized carbons (Fsp3) is 0.471. The molecule has 1 fully saturated rings. The fourth-order valence-corrected chi connectivity index (χ4v) is 2.59. The van der Waals surface area contributed by atoms with Crippen LogP contribution >= 0.6 is 0 Å². The molecular weight excluding hydrogens is 310 g/mol. The molecular formula is C17H21N3O4. The molecule has 1 N–H and O–H groups in total. The summed E-state index contributed by atoms with van der Waals surface area (Å²) in [6.07, 6.45) is 0.0803. The Balaban J connectivity index is 1.36. The van der Waals surface area contributed by atoms with Crippen molar-refractivity contribution >= 4 is 5.91 Å². The number of aryl methyl sites for hydroxylation is 2. The van der Waals surface area contributed by atoms with E-state index in [1.165, 1.54) is 0 Å². The van der Waals surface area contributed by atoms with Crippen LogP contribution in [0.5, 0.6) is 0 Å². The van der Waals surface area contributed by atoms with Crippen LogP contribution in [0.3, 0.4) is 0 Å². The van der Waals surface area contributed by atoms with Gasteiger partial charge in [0.2, 0.25) is 11.8 Å². The summed E-state index contributed by atoms with van der Waals surface area (Å²) >= 11 is 0. The lowest BCUT2D eigenvalue weighted by molar-refractivity contribution is -0.155. The lowest BCUT2D eigenvalue weighted by Crippen LogP contribution is -2.57. The second-order valence-electron chi connectivity index (χ2n) is 5.93. The SMILES string of the molecule is Cc1nnc(COC2CN(C(=O)C(O)CCc3ccccc3)C2)o1. The molecule has 2 aromatic rings. The van der Waals surface area contributed by atoms with Crippen LogP contribution in [-0.4, -0.2) is 51.4 Å². The maximum atomic E-state index is 12.1. The molecule has 1 atom stereocenters. The highest BCUT2D eigenvalue weighted by Gasteiger charge is 2.34. The molecule has 1 aliphatic heterocycles. The van der Waals surface area contributed by atoms with E-state index in [1.54, 1.807) is 11.8 Å². The molecule has 3 rings (SSSR count). The van der Waals surface area contributed by atoms with Gasteiger partial charge in [-0.1, -0.05) is 30.3 Å². The fourth-order valence-electron chi connectivity index (χ4n) is 2.59. The van der Waals surface area contributed by atoms with E-state index in [1.807, 2.05) is 30.3 Å². The van der Waals surface area contributed by atoms with E-state index in [0.29, 0.717) is 37.7 Å². The molecule has 0 aliphatic carbocycles. The van der Waals surface area contributed by atoms with Gasteiger partial charge in [0.15, 0.2) is 0 Å². The van der Waals surface area contributed by atoms with Crippen LogP contribution in [0.2, 0.25) is 0 Å². The average Bonchev–Trinajstić information content (AvgIpc) is 2.97. The van der Waals surface area contributed by atoms with Gasteiger partial charge in [-0.3, -0.25) is 4.79 Å². The van der Waals surface area contributed by atoms with Crippen LogP contribution in [0.4, 0.5) is 0 Å². The van der Waals surface area contributed by atoms with E-state index in [4.69, 9.17) is 9.15 Å². The highest BCUT2D eigenvalue weighted by atomic mass is 16.5. The Bertz CT molecular complexity index is 667. The smallest absolute Gasteiger partial charge is 0.251 e. The molecule has 128 valence electrons. The standard InChI is InChI=1S/C17H21N3O4/c1-12-18-19-16(24-12)11-23-14-9-20(10-14)17(22)15(21)8-7-13-5-3-2-4-6-13/h2-6,14-15,21H,7-11H2,1H3. The monoisotopic (exact) mass is 331 g/mol. The summed E-state index contributed by atoms with van der Waals surface area (Å²) in [5, 5.41) is 17.6. The van der Waals surface area contributed by atoms with Gasteiger partial charge < -0.3 is 19.2 Å². The summed E-state index contributed by atoms with van der Waals surface area (Å²) in [6.45, 7) is 2.92. The molecule has 7 heteroatoms. The Hall–Kier alpha value is -2.25. The van der Waals surface area contributed by atoms with Crippen molar-refractivity contribution in [2.24, 2.45) is 0 Å². The molecule has 1 saturated heterocycles. The van der Waals surface area contributed by atoms with Crippen LogP contribution in [0, 0.1) is 6.92 Å². The minimum atomic E-state index is -0.968. The van der Waals surface area contributed by atoms with Crippen LogP contribution in [0.1, 0.15) is 23.8 Å². The van der Waals surface area contributed by atoms with Crippen LogP contribution < -0.4 is 0 Å². The number of carbonyl (C=O) groups is 1. The summed E-state index contributed by atoms with van der Waals surface area (Å²) in [7, 11) is 0. The summed E-state index contributed by atoms with van der Waals surface area (Å²) < 4.78 is 10.8. The highest BCUT2D eigenvalue weighted by Crippen LogP contribution is 2.16. The van der Waals surface area contributed by atoms with Gasteiger partial charge in [-0.05, 0) is 18.4 Å². The number of nitrogens with zero attached hydrogens (tertiary/aromatic N) is 3. The molecule has 0 radical (unpaired) electrons. The van der Waals surface area contributed by atoms with Crippen molar-refractivity contribution in [3.05, 3.63) is 47.7 Å². The number of aliphatic hydroxyl groups is 1. The quantitative estimate of drug-likeness (QED) is 0.817. The van der Waals surface area contributed by atoms with E-state index < -0.39 is 6.10 Å². The number of benzene rings is 1. The van der Waals surface area contributed by atoms with Crippen molar-refractivity contribution in [2.45, 2.75) is 38.6 Å². The number of aromatic nitrogens is 2. The summed E-state index contributed by atoms with van der Waals surface area (Å²) in [5.74, 6) is 0.695. The first-order chi connectivity index (χ1) is 11.6. The van der Waals surface area contributed by atoms with Crippen LogP contribution in [-0.2, 0) is 22.6 Å². The number of ether oxygens (including phenoxy) is 1. The van der Waals surface area contributed by atoms with Crippen molar-refractivity contribution in [2.75, 3.05) is 13.1 Å². The van der Waals surface area contributed by atoms with Gasteiger partial charge in [-0.2, -0.15) is 0 Å². The molecule has 2 heterocycles. The molecule has 24 heavy (non-hydrogen) atoms. The Morgan fingerprint density at radius 1 is 1.38 bits per heavy atom. The Morgan fingerprint density at radius 3 is 2.79 bits per heavy atom.